The molecule has 1 atom stereocenters. The normalized spacial score (nSPS) is 19.0. The lowest BCUT2D eigenvalue weighted by Gasteiger charge is -2.28. The van der Waals surface area contributed by atoms with Gasteiger partial charge in [-0.1, -0.05) is 46.3 Å². The Labute approximate surface area is 132 Å². The number of methoxy groups -OCH3 is 2. The van der Waals surface area contributed by atoms with E-state index in [1.165, 1.54) is 7.11 Å². The van der Waals surface area contributed by atoms with Crippen molar-refractivity contribution in [3.8, 4) is 11.1 Å². The number of benzene rings is 2. The van der Waals surface area contributed by atoms with Crippen LogP contribution in [0, 0.1) is 0 Å². The van der Waals surface area contributed by atoms with Gasteiger partial charge in [0.2, 0.25) is 0 Å². The van der Waals surface area contributed by atoms with Gasteiger partial charge in [0.15, 0.2) is 0 Å². The minimum atomic E-state index is -0.893. The third-order valence-corrected chi connectivity index (χ3v) is 4.51. The SMILES string of the molecule is COCC1(C(=O)OC)c2ccccc2-c2cc(Br)ccc21. The molecule has 0 N–H and O–H groups in total. The van der Waals surface area contributed by atoms with E-state index >= 15 is 0 Å². The van der Waals surface area contributed by atoms with E-state index in [-0.39, 0.29) is 12.6 Å². The van der Waals surface area contributed by atoms with E-state index in [1.807, 2.05) is 42.5 Å². The monoisotopic (exact) mass is 346 g/mol. The molecule has 0 bridgehead atoms. The van der Waals surface area contributed by atoms with Crippen molar-refractivity contribution in [1.82, 2.24) is 0 Å². The molecule has 0 fully saturated rings. The van der Waals surface area contributed by atoms with Crippen LogP contribution in [0.5, 0.6) is 0 Å². The van der Waals surface area contributed by atoms with Crippen molar-refractivity contribution in [2.75, 3.05) is 20.8 Å². The Balaban J connectivity index is 2.37. The lowest BCUT2D eigenvalue weighted by molar-refractivity contribution is -0.147. The molecule has 0 saturated heterocycles. The van der Waals surface area contributed by atoms with E-state index in [9.17, 15) is 4.79 Å². The van der Waals surface area contributed by atoms with Crippen molar-refractivity contribution in [3.05, 3.63) is 58.1 Å². The number of carbonyl (C=O) groups is 1. The number of esters is 1. The fraction of sp³-hybridized carbons (Fsp3) is 0.235. The lowest BCUT2D eigenvalue weighted by atomic mass is 9.79. The molecule has 3 nitrogen and oxygen atoms in total. The summed E-state index contributed by atoms with van der Waals surface area (Å²) in [4.78, 5) is 12.6. The molecule has 1 aliphatic carbocycles. The Hall–Kier alpha value is -1.65. The Bertz CT molecular complexity index is 711. The molecule has 0 radical (unpaired) electrons. The average molecular weight is 347 g/mol. The number of carbonyl (C=O) groups excluding carboxylic acids is 1. The second kappa shape index (κ2) is 5.28. The van der Waals surface area contributed by atoms with Gasteiger partial charge in [0.25, 0.3) is 0 Å². The van der Waals surface area contributed by atoms with Gasteiger partial charge >= 0.3 is 5.97 Å². The van der Waals surface area contributed by atoms with Crippen molar-refractivity contribution in [1.29, 1.82) is 0 Å². The van der Waals surface area contributed by atoms with Crippen LogP contribution in [0.4, 0.5) is 0 Å². The summed E-state index contributed by atoms with van der Waals surface area (Å²) in [6, 6.07) is 13.9. The van der Waals surface area contributed by atoms with Crippen LogP contribution in [0.25, 0.3) is 11.1 Å². The molecule has 0 amide bonds. The van der Waals surface area contributed by atoms with Crippen molar-refractivity contribution < 1.29 is 14.3 Å². The minimum Gasteiger partial charge on any atom is -0.468 e. The molecule has 0 aromatic heterocycles. The second-order valence-corrected chi connectivity index (χ2v) is 5.98. The van der Waals surface area contributed by atoms with Crippen molar-refractivity contribution in [2.24, 2.45) is 0 Å². The van der Waals surface area contributed by atoms with Crippen molar-refractivity contribution in [2.45, 2.75) is 5.41 Å². The minimum absolute atomic E-state index is 0.255. The fourth-order valence-corrected chi connectivity index (χ4v) is 3.53. The van der Waals surface area contributed by atoms with Crippen LogP contribution in [0.2, 0.25) is 0 Å². The van der Waals surface area contributed by atoms with Gasteiger partial charge in [0.1, 0.15) is 5.41 Å². The number of ether oxygens (including phenoxy) is 2. The maximum absolute atomic E-state index is 12.6. The van der Waals surface area contributed by atoms with Crippen LogP contribution in [0.1, 0.15) is 11.1 Å². The molecule has 0 spiro atoms. The Kier molecular flexibility index (Phi) is 3.59. The van der Waals surface area contributed by atoms with Gasteiger partial charge in [-0.25, -0.2) is 0 Å². The van der Waals surface area contributed by atoms with Crippen LogP contribution in [0.3, 0.4) is 0 Å². The van der Waals surface area contributed by atoms with E-state index in [0.29, 0.717) is 0 Å². The van der Waals surface area contributed by atoms with Gasteiger partial charge in [-0.15, -0.1) is 0 Å². The van der Waals surface area contributed by atoms with Crippen molar-refractivity contribution >= 4 is 21.9 Å². The van der Waals surface area contributed by atoms with Crippen LogP contribution in [-0.4, -0.2) is 26.8 Å². The summed E-state index contributed by atoms with van der Waals surface area (Å²) < 4.78 is 11.5. The Morgan fingerprint density at radius 2 is 1.81 bits per heavy atom. The van der Waals surface area contributed by atoms with Gasteiger partial charge in [-0.2, -0.15) is 0 Å². The molecule has 2 aromatic rings. The molecule has 0 saturated carbocycles. The number of rotatable bonds is 3. The molecule has 4 heteroatoms. The highest BCUT2D eigenvalue weighted by molar-refractivity contribution is 9.10. The summed E-state index contributed by atoms with van der Waals surface area (Å²) >= 11 is 3.50. The maximum Gasteiger partial charge on any atom is 0.323 e. The quantitative estimate of drug-likeness (QED) is 0.797. The van der Waals surface area contributed by atoms with Crippen LogP contribution < -0.4 is 0 Å². The van der Waals surface area contributed by atoms with E-state index in [2.05, 4.69) is 15.9 Å². The molecule has 21 heavy (non-hydrogen) atoms. The largest absolute Gasteiger partial charge is 0.468 e. The molecule has 2 aromatic carbocycles. The lowest BCUT2D eigenvalue weighted by Crippen LogP contribution is -2.40. The van der Waals surface area contributed by atoms with Crippen LogP contribution in [-0.2, 0) is 19.7 Å². The van der Waals surface area contributed by atoms with Crippen LogP contribution >= 0.6 is 15.9 Å². The number of hydrogen-bond acceptors (Lipinski definition) is 3. The third-order valence-electron chi connectivity index (χ3n) is 4.01. The van der Waals surface area contributed by atoms with E-state index in [1.54, 1.807) is 7.11 Å². The molecule has 0 heterocycles. The van der Waals surface area contributed by atoms with Gasteiger partial charge in [0.05, 0.1) is 13.7 Å². The first-order chi connectivity index (χ1) is 10.1. The summed E-state index contributed by atoms with van der Waals surface area (Å²) in [5.41, 5.74) is 3.07. The molecular formula is C17H15BrO3. The van der Waals surface area contributed by atoms with Gasteiger partial charge < -0.3 is 9.47 Å². The molecule has 108 valence electrons. The molecule has 3 rings (SSSR count). The summed E-state index contributed by atoms with van der Waals surface area (Å²) in [5.74, 6) is -0.294. The predicted octanol–water partition coefficient (Wildman–Crippen LogP) is 3.54. The summed E-state index contributed by atoms with van der Waals surface area (Å²) in [6.45, 7) is 0.255. The maximum atomic E-state index is 12.6. The van der Waals surface area contributed by atoms with Gasteiger partial charge in [-0.05, 0) is 34.4 Å². The zero-order valence-corrected chi connectivity index (χ0v) is 13.4. The number of fused-ring (bicyclic) bond motifs is 3. The average Bonchev–Trinajstić information content (AvgIpc) is 2.78. The predicted molar refractivity (Wildman–Crippen MR) is 84.3 cm³/mol. The first kappa shape index (κ1) is 14.3. The highest BCUT2D eigenvalue weighted by atomic mass is 79.9. The zero-order valence-electron chi connectivity index (χ0n) is 11.9. The number of halogens is 1. The summed E-state index contributed by atoms with van der Waals surface area (Å²) in [7, 11) is 3.02. The highest BCUT2D eigenvalue weighted by Gasteiger charge is 2.50. The van der Waals surface area contributed by atoms with Gasteiger partial charge in [-0.3, -0.25) is 4.79 Å². The smallest absolute Gasteiger partial charge is 0.323 e. The summed E-state index contributed by atoms with van der Waals surface area (Å²) in [6.07, 6.45) is 0. The topological polar surface area (TPSA) is 35.5 Å². The van der Waals surface area contributed by atoms with Gasteiger partial charge in [0, 0.05) is 11.6 Å². The second-order valence-electron chi connectivity index (χ2n) is 5.07. The first-order valence-electron chi connectivity index (χ1n) is 6.62. The molecule has 1 unspecified atom stereocenters. The number of hydrogen-bond donors (Lipinski definition) is 0. The standard InChI is InChI=1S/C17H15BrO3/c1-20-10-17(16(19)21-2)14-6-4-3-5-12(14)13-9-11(18)7-8-15(13)17/h3-9H,10H2,1-2H3. The Morgan fingerprint density at radius 1 is 1.10 bits per heavy atom. The Morgan fingerprint density at radius 3 is 2.52 bits per heavy atom. The van der Waals surface area contributed by atoms with E-state index < -0.39 is 5.41 Å². The van der Waals surface area contributed by atoms with Crippen molar-refractivity contribution in [3.63, 3.8) is 0 Å². The fourth-order valence-electron chi connectivity index (χ4n) is 3.17. The van der Waals surface area contributed by atoms with Crippen LogP contribution in [0.15, 0.2) is 46.9 Å². The third kappa shape index (κ3) is 1.93. The first-order valence-corrected chi connectivity index (χ1v) is 7.41. The molecule has 1 aliphatic rings. The van der Waals surface area contributed by atoms with E-state index in [4.69, 9.17) is 9.47 Å². The molecular weight excluding hydrogens is 332 g/mol. The van der Waals surface area contributed by atoms with E-state index in [0.717, 1.165) is 26.7 Å². The summed E-state index contributed by atoms with van der Waals surface area (Å²) in [5, 5.41) is 0. The highest BCUT2D eigenvalue weighted by Crippen LogP contribution is 2.50. The molecule has 0 aliphatic heterocycles. The zero-order chi connectivity index (χ0) is 15.0.